The van der Waals surface area contributed by atoms with Crippen LogP contribution in [0.1, 0.15) is 44.4 Å². The maximum absolute atomic E-state index is 12.6. The zero-order valence-corrected chi connectivity index (χ0v) is 12.6. The van der Waals surface area contributed by atoms with Crippen molar-refractivity contribution in [1.82, 2.24) is 29.4 Å². The van der Waals surface area contributed by atoms with E-state index in [-0.39, 0.29) is 11.9 Å². The van der Waals surface area contributed by atoms with Crippen LogP contribution >= 0.6 is 0 Å². The molecule has 21 heavy (non-hydrogen) atoms. The molecule has 112 valence electrons. The highest BCUT2D eigenvalue weighted by Crippen LogP contribution is 2.20. The highest BCUT2D eigenvalue weighted by Gasteiger charge is 2.28. The predicted molar refractivity (Wildman–Crippen MR) is 76.5 cm³/mol. The smallest absolute Gasteiger partial charge is 0.247 e. The van der Waals surface area contributed by atoms with Gasteiger partial charge in [-0.05, 0) is 13.0 Å². The molecule has 0 bridgehead atoms. The van der Waals surface area contributed by atoms with Gasteiger partial charge in [0.1, 0.15) is 11.9 Å². The van der Waals surface area contributed by atoms with Crippen LogP contribution in [0, 0.1) is 0 Å². The zero-order valence-electron chi connectivity index (χ0n) is 12.6. The minimum atomic E-state index is -0.293. The molecule has 7 nitrogen and oxygen atoms in total. The van der Waals surface area contributed by atoms with E-state index in [0.717, 1.165) is 18.2 Å². The number of carbonyl (C=O) groups is 1. The van der Waals surface area contributed by atoms with Crippen molar-refractivity contribution in [2.75, 3.05) is 6.54 Å². The standard InChI is InChI=1S/C14H20N6O/c1-10(2)13-17-16-12-9-18(7-8-19(12)13)14(21)11(3)20-6-4-5-15-20/h4-6,10-11H,7-9H2,1-3H3. The second-order valence-corrected chi connectivity index (χ2v) is 5.70. The van der Waals surface area contributed by atoms with Gasteiger partial charge in [-0.15, -0.1) is 10.2 Å². The molecule has 1 unspecified atom stereocenters. The third-order valence-corrected chi connectivity index (χ3v) is 3.89. The van der Waals surface area contributed by atoms with Crippen LogP contribution < -0.4 is 0 Å². The van der Waals surface area contributed by atoms with E-state index in [1.54, 1.807) is 10.9 Å². The van der Waals surface area contributed by atoms with Crippen molar-refractivity contribution < 1.29 is 4.79 Å². The molecule has 1 aliphatic rings. The Labute approximate surface area is 123 Å². The monoisotopic (exact) mass is 288 g/mol. The molecule has 0 N–H and O–H groups in total. The van der Waals surface area contributed by atoms with Crippen LogP contribution in [-0.4, -0.2) is 41.9 Å². The summed E-state index contributed by atoms with van der Waals surface area (Å²) >= 11 is 0. The van der Waals surface area contributed by atoms with Gasteiger partial charge in [0.25, 0.3) is 0 Å². The summed E-state index contributed by atoms with van der Waals surface area (Å²) in [6, 6.07) is 1.53. The Hall–Kier alpha value is -2.18. The zero-order chi connectivity index (χ0) is 15.0. The number of carbonyl (C=O) groups excluding carboxylic acids is 1. The summed E-state index contributed by atoms with van der Waals surface area (Å²) in [7, 11) is 0. The van der Waals surface area contributed by atoms with E-state index >= 15 is 0 Å². The second kappa shape index (κ2) is 5.31. The van der Waals surface area contributed by atoms with Crippen LogP contribution in [-0.2, 0) is 17.9 Å². The maximum atomic E-state index is 12.6. The van der Waals surface area contributed by atoms with Gasteiger partial charge in [0, 0.05) is 31.4 Å². The summed E-state index contributed by atoms with van der Waals surface area (Å²) in [5.41, 5.74) is 0. The number of amides is 1. The van der Waals surface area contributed by atoms with E-state index in [1.165, 1.54) is 0 Å². The topological polar surface area (TPSA) is 68.8 Å². The highest BCUT2D eigenvalue weighted by atomic mass is 16.2. The van der Waals surface area contributed by atoms with Gasteiger partial charge in [-0.2, -0.15) is 5.10 Å². The summed E-state index contributed by atoms with van der Waals surface area (Å²) in [5, 5.41) is 12.6. The van der Waals surface area contributed by atoms with E-state index in [0.29, 0.717) is 19.0 Å². The minimum absolute atomic E-state index is 0.0686. The maximum Gasteiger partial charge on any atom is 0.247 e. The fraction of sp³-hybridized carbons (Fsp3) is 0.571. The molecular formula is C14H20N6O. The molecular weight excluding hydrogens is 268 g/mol. The quantitative estimate of drug-likeness (QED) is 0.851. The highest BCUT2D eigenvalue weighted by molar-refractivity contribution is 5.80. The van der Waals surface area contributed by atoms with E-state index < -0.39 is 0 Å². The molecule has 0 spiro atoms. The summed E-state index contributed by atoms with van der Waals surface area (Å²) in [5.74, 6) is 2.28. The Kier molecular flexibility index (Phi) is 3.48. The molecule has 3 rings (SSSR count). The van der Waals surface area contributed by atoms with Crippen LogP contribution in [0.25, 0.3) is 0 Å². The minimum Gasteiger partial charge on any atom is -0.332 e. The van der Waals surface area contributed by atoms with Crippen molar-refractivity contribution in [3.8, 4) is 0 Å². The van der Waals surface area contributed by atoms with Crippen LogP contribution in [0.4, 0.5) is 0 Å². The molecule has 7 heteroatoms. The molecule has 3 heterocycles. The fourth-order valence-electron chi connectivity index (χ4n) is 2.68. The van der Waals surface area contributed by atoms with Crippen molar-refractivity contribution in [1.29, 1.82) is 0 Å². The Morgan fingerprint density at radius 1 is 1.24 bits per heavy atom. The van der Waals surface area contributed by atoms with Crippen LogP contribution in [0.5, 0.6) is 0 Å². The van der Waals surface area contributed by atoms with E-state index in [1.807, 2.05) is 24.1 Å². The molecule has 2 aromatic rings. The van der Waals surface area contributed by atoms with Crippen LogP contribution in [0.2, 0.25) is 0 Å². The van der Waals surface area contributed by atoms with Gasteiger partial charge in [0.05, 0.1) is 6.54 Å². The molecule has 0 saturated carbocycles. The SMILES string of the molecule is CC(C)c1nnc2n1CCN(C(=O)C(C)n1cccn1)C2. The van der Waals surface area contributed by atoms with Crippen molar-refractivity contribution in [2.24, 2.45) is 0 Å². The molecule has 0 aromatic carbocycles. The van der Waals surface area contributed by atoms with Crippen LogP contribution in [0.3, 0.4) is 0 Å². The normalized spacial score (nSPS) is 16.1. The average molecular weight is 288 g/mol. The van der Waals surface area contributed by atoms with E-state index in [9.17, 15) is 4.79 Å². The third-order valence-electron chi connectivity index (χ3n) is 3.89. The van der Waals surface area contributed by atoms with Gasteiger partial charge in [-0.25, -0.2) is 0 Å². The summed E-state index contributed by atoms with van der Waals surface area (Å²) in [6.45, 7) is 8.05. The Morgan fingerprint density at radius 3 is 2.71 bits per heavy atom. The molecule has 1 aliphatic heterocycles. The number of fused-ring (bicyclic) bond motifs is 1. The van der Waals surface area contributed by atoms with Crippen LogP contribution in [0.15, 0.2) is 18.5 Å². The average Bonchev–Trinajstić information content (AvgIpc) is 3.13. The Bertz CT molecular complexity index is 630. The molecule has 1 amide bonds. The number of hydrogen-bond acceptors (Lipinski definition) is 4. The van der Waals surface area contributed by atoms with Crippen molar-refractivity contribution in [3.63, 3.8) is 0 Å². The van der Waals surface area contributed by atoms with Gasteiger partial charge >= 0.3 is 0 Å². The predicted octanol–water partition coefficient (Wildman–Crippen LogP) is 1.20. The van der Waals surface area contributed by atoms with Crippen molar-refractivity contribution in [2.45, 2.75) is 45.8 Å². The first-order valence-electron chi connectivity index (χ1n) is 7.28. The lowest BCUT2D eigenvalue weighted by molar-refractivity contribution is -0.136. The lowest BCUT2D eigenvalue weighted by Gasteiger charge is -2.30. The fourth-order valence-corrected chi connectivity index (χ4v) is 2.68. The van der Waals surface area contributed by atoms with E-state index in [2.05, 4.69) is 33.7 Å². The Morgan fingerprint density at radius 2 is 2.05 bits per heavy atom. The third kappa shape index (κ3) is 2.43. The Balaban J connectivity index is 1.76. The van der Waals surface area contributed by atoms with Gasteiger partial charge < -0.3 is 9.47 Å². The molecule has 2 aromatic heterocycles. The molecule has 0 radical (unpaired) electrons. The van der Waals surface area contributed by atoms with Gasteiger partial charge in [0.2, 0.25) is 5.91 Å². The first-order chi connectivity index (χ1) is 10.1. The van der Waals surface area contributed by atoms with Gasteiger partial charge in [-0.3, -0.25) is 9.48 Å². The van der Waals surface area contributed by atoms with Crippen molar-refractivity contribution in [3.05, 3.63) is 30.1 Å². The summed E-state index contributed by atoms with van der Waals surface area (Å²) in [4.78, 5) is 14.4. The molecule has 0 saturated heterocycles. The lowest BCUT2D eigenvalue weighted by atomic mass is 10.2. The second-order valence-electron chi connectivity index (χ2n) is 5.70. The molecule has 0 fully saturated rings. The number of rotatable bonds is 3. The number of aromatic nitrogens is 5. The first kappa shape index (κ1) is 13.8. The van der Waals surface area contributed by atoms with Gasteiger partial charge in [-0.1, -0.05) is 13.8 Å². The number of nitrogens with zero attached hydrogens (tertiary/aromatic N) is 6. The lowest BCUT2D eigenvalue weighted by Crippen LogP contribution is -2.42. The van der Waals surface area contributed by atoms with Crippen molar-refractivity contribution >= 4 is 5.91 Å². The molecule has 1 atom stereocenters. The number of hydrogen-bond donors (Lipinski definition) is 0. The summed E-state index contributed by atoms with van der Waals surface area (Å²) in [6.07, 6.45) is 3.50. The van der Waals surface area contributed by atoms with Gasteiger partial charge in [0.15, 0.2) is 5.82 Å². The first-order valence-corrected chi connectivity index (χ1v) is 7.28. The largest absolute Gasteiger partial charge is 0.332 e. The molecule has 0 aliphatic carbocycles. The van der Waals surface area contributed by atoms with E-state index in [4.69, 9.17) is 0 Å². The summed E-state index contributed by atoms with van der Waals surface area (Å²) < 4.78 is 3.81.